The Morgan fingerprint density at radius 1 is 1.11 bits per heavy atom. The van der Waals surface area contributed by atoms with E-state index in [1.165, 1.54) is 12.1 Å². The van der Waals surface area contributed by atoms with Crippen molar-refractivity contribution in [2.75, 3.05) is 6.26 Å². The topological polar surface area (TPSA) is 68.3 Å². The van der Waals surface area contributed by atoms with Gasteiger partial charge in [0.05, 0.1) is 21.2 Å². The standard InChI is InChI=1S/C18H16F3N3O2S/c1-12-5-3-4-6-14(12)11-27(2,25)24-15-9-7-13(8-10-15)16-22-17(26-23-16)18(19,20)21/h3-10H,11H2,1-2H3. The average Bonchev–Trinajstić information content (AvgIpc) is 3.07. The summed E-state index contributed by atoms with van der Waals surface area (Å²) in [5, 5.41) is 3.33. The van der Waals surface area contributed by atoms with Gasteiger partial charge in [0, 0.05) is 11.8 Å². The first-order valence-electron chi connectivity index (χ1n) is 7.90. The predicted octanol–water partition coefficient (Wildman–Crippen LogP) is 4.99. The van der Waals surface area contributed by atoms with Gasteiger partial charge in [-0.2, -0.15) is 22.5 Å². The highest BCUT2D eigenvalue weighted by Crippen LogP contribution is 2.30. The van der Waals surface area contributed by atoms with Crippen LogP contribution in [0.4, 0.5) is 18.9 Å². The second kappa shape index (κ2) is 7.15. The van der Waals surface area contributed by atoms with Gasteiger partial charge in [0.15, 0.2) is 0 Å². The van der Waals surface area contributed by atoms with Crippen LogP contribution in [0.25, 0.3) is 11.4 Å². The van der Waals surface area contributed by atoms with Gasteiger partial charge in [-0.3, -0.25) is 0 Å². The summed E-state index contributed by atoms with van der Waals surface area (Å²) in [6.45, 7) is 1.94. The fourth-order valence-corrected chi connectivity index (χ4v) is 3.98. The molecule has 3 aromatic rings. The second-order valence-corrected chi connectivity index (χ2v) is 8.48. The number of halogens is 3. The number of hydrogen-bond donors (Lipinski definition) is 0. The molecule has 1 atom stereocenters. The molecule has 0 fully saturated rings. The van der Waals surface area contributed by atoms with Crippen molar-refractivity contribution >= 4 is 15.4 Å². The van der Waals surface area contributed by atoms with E-state index >= 15 is 0 Å². The summed E-state index contributed by atoms with van der Waals surface area (Å²) in [4.78, 5) is 3.33. The molecular formula is C18H16F3N3O2S. The molecule has 0 saturated carbocycles. The first-order chi connectivity index (χ1) is 12.6. The third-order valence-electron chi connectivity index (χ3n) is 3.78. The first kappa shape index (κ1) is 19.1. The summed E-state index contributed by atoms with van der Waals surface area (Å²) in [6.07, 6.45) is -3.12. The van der Waals surface area contributed by atoms with Crippen LogP contribution in [0.2, 0.25) is 0 Å². The van der Waals surface area contributed by atoms with Crippen LogP contribution >= 0.6 is 0 Å². The molecule has 1 aromatic heterocycles. The van der Waals surface area contributed by atoms with Crippen LogP contribution in [-0.4, -0.2) is 20.6 Å². The number of aryl methyl sites for hydroxylation is 1. The zero-order chi connectivity index (χ0) is 19.7. The van der Waals surface area contributed by atoms with Crippen molar-refractivity contribution in [3.05, 3.63) is 65.5 Å². The van der Waals surface area contributed by atoms with E-state index in [0.29, 0.717) is 17.0 Å². The van der Waals surface area contributed by atoms with E-state index in [9.17, 15) is 17.4 Å². The van der Waals surface area contributed by atoms with Crippen LogP contribution < -0.4 is 0 Å². The highest BCUT2D eigenvalue weighted by Gasteiger charge is 2.38. The van der Waals surface area contributed by atoms with Crippen LogP contribution in [0.15, 0.2) is 57.4 Å². The molecule has 3 rings (SSSR count). The molecule has 0 radical (unpaired) electrons. The third kappa shape index (κ3) is 4.73. The fourth-order valence-electron chi connectivity index (χ4n) is 2.44. The lowest BCUT2D eigenvalue weighted by Crippen LogP contribution is -2.04. The van der Waals surface area contributed by atoms with E-state index in [2.05, 4.69) is 19.0 Å². The molecule has 0 aliphatic rings. The minimum Gasteiger partial charge on any atom is -0.329 e. The molecule has 0 N–H and O–H groups in total. The van der Waals surface area contributed by atoms with Crippen LogP contribution in [0, 0.1) is 6.92 Å². The van der Waals surface area contributed by atoms with E-state index in [0.717, 1.165) is 11.1 Å². The molecular weight excluding hydrogens is 379 g/mol. The lowest BCUT2D eigenvalue weighted by Gasteiger charge is -2.07. The molecule has 0 spiro atoms. The fraction of sp³-hybridized carbons (Fsp3) is 0.222. The van der Waals surface area contributed by atoms with Gasteiger partial charge in [0.2, 0.25) is 5.82 Å². The van der Waals surface area contributed by atoms with Crippen molar-refractivity contribution in [1.82, 2.24) is 10.1 Å². The van der Waals surface area contributed by atoms with Crippen molar-refractivity contribution in [2.45, 2.75) is 18.9 Å². The van der Waals surface area contributed by atoms with Crippen LogP contribution in [0.1, 0.15) is 17.0 Å². The minimum absolute atomic E-state index is 0.175. The Morgan fingerprint density at radius 2 is 1.78 bits per heavy atom. The van der Waals surface area contributed by atoms with Crippen molar-refractivity contribution in [2.24, 2.45) is 4.36 Å². The molecule has 2 aromatic carbocycles. The maximum absolute atomic E-state index is 12.8. The smallest absolute Gasteiger partial charge is 0.329 e. The zero-order valence-electron chi connectivity index (χ0n) is 14.5. The van der Waals surface area contributed by atoms with Gasteiger partial charge in [-0.1, -0.05) is 29.4 Å². The Morgan fingerprint density at radius 3 is 2.37 bits per heavy atom. The molecule has 27 heavy (non-hydrogen) atoms. The van der Waals surface area contributed by atoms with E-state index < -0.39 is 21.8 Å². The third-order valence-corrected chi connectivity index (χ3v) is 5.22. The van der Waals surface area contributed by atoms with Gasteiger partial charge in [-0.15, -0.1) is 0 Å². The van der Waals surface area contributed by atoms with Crippen LogP contribution in [-0.2, 0) is 21.7 Å². The highest BCUT2D eigenvalue weighted by atomic mass is 32.2. The van der Waals surface area contributed by atoms with Crippen molar-refractivity contribution in [3.63, 3.8) is 0 Å². The van der Waals surface area contributed by atoms with Crippen molar-refractivity contribution in [1.29, 1.82) is 0 Å². The summed E-state index contributed by atoms with van der Waals surface area (Å²) in [5.74, 6) is -1.27. The molecule has 1 unspecified atom stereocenters. The van der Waals surface area contributed by atoms with Crippen LogP contribution in [0.5, 0.6) is 0 Å². The second-order valence-electron chi connectivity index (χ2n) is 6.09. The van der Waals surface area contributed by atoms with E-state index in [1.807, 2.05) is 31.2 Å². The SMILES string of the molecule is Cc1ccccc1CS(C)(=O)=Nc1ccc(-c2noc(C(F)(F)F)n2)cc1. The Kier molecular flexibility index (Phi) is 5.05. The van der Waals surface area contributed by atoms with E-state index in [4.69, 9.17) is 0 Å². The summed E-state index contributed by atoms with van der Waals surface area (Å²) in [7, 11) is -2.53. The Hall–Kier alpha value is -2.68. The van der Waals surface area contributed by atoms with Crippen molar-refractivity contribution in [3.8, 4) is 11.4 Å². The molecule has 142 valence electrons. The Balaban J connectivity index is 1.82. The van der Waals surface area contributed by atoms with E-state index in [1.54, 1.807) is 18.4 Å². The number of aromatic nitrogens is 2. The first-order valence-corrected chi connectivity index (χ1v) is 9.99. The molecule has 5 nitrogen and oxygen atoms in total. The summed E-state index contributed by atoms with van der Waals surface area (Å²) in [6, 6.07) is 13.8. The van der Waals surface area contributed by atoms with Gasteiger partial charge in [0.25, 0.3) is 0 Å². The number of benzene rings is 2. The molecule has 9 heteroatoms. The molecule has 0 saturated heterocycles. The molecule has 0 aliphatic carbocycles. The average molecular weight is 395 g/mol. The number of rotatable bonds is 4. The lowest BCUT2D eigenvalue weighted by molar-refractivity contribution is -0.159. The number of alkyl halides is 3. The largest absolute Gasteiger partial charge is 0.471 e. The molecule has 0 bridgehead atoms. The number of nitrogens with zero attached hydrogens (tertiary/aromatic N) is 3. The Bertz CT molecular complexity index is 1070. The molecule has 1 heterocycles. The maximum Gasteiger partial charge on any atom is 0.471 e. The predicted molar refractivity (Wildman–Crippen MR) is 95.8 cm³/mol. The van der Waals surface area contributed by atoms with Gasteiger partial charge < -0.3 is 4.52 Å². The van der Waals surface area contributed by atoms with Crippen molar-refractivity contribution < 1.29 is 21.9 Å². The maximum atomic E-state index is 12.8. The monoisotopic (exact) mass is 395 g/mol. The molecule has 0 aliphatic heterocycles. The lowest BCUT2D eigenvalue weighted by atomic mass is 10.1. The summed E-state index contributed by atoms with van der Waals surface area (Å²) in [5.41, 5.74) is 2.79. The van der Waals surface area contributed by atoms with Gasteiger partial charge >= 0.3 is 12.1 Å². The quantitative estimate of drug-likeness (QED) is 0.624. The molecule has 0 amide bonds. The normalized spacial score (nSPS) is 14.0. The highest BCUT2D eigenvalue weighted by molar-refractivity contribution is 7.92. The minimum atomic E-state index is -4.69. The van der Waals surface area contributed by atoms with Gasteiger partial charge in [0.1, 0.15) is 0 Å². The number of hydrogen-bond acceptors (Lipinski definition) is 5. The van der Waals surface area contributed by atoms with Crippen LogP contribution in [0.3, 0.4) is 0 Å². The van der Waals surface area contributed by atoms with Gasteiger partial charge in [-0.05, 0) is 42.3 Å². The van der Waals surface area contributed by atoms with E-state index in [-0.39, 0.29) is 5.82 Å². The van der Waals surface area contributed by atoms with Gasteiger partial charge in [-0.25, -0.2) is 4.21 Å². The summed E-state index contributed by atoms with van der Waals surface area (Å²) < 4.78 is 58.9. The Labute approximate surface area is 154 Å². The zero-order valence-corrected chi connectivity index (χ0v) is 15.3. The summed E-state index contributed by atoms with van der Waals surface area (Å²) >= 11 is 0.